The Hall–Kier alpha value is -0.610. The molecule has 1 rings (SSSR count). The Labute approximate surface area is 78.3 Å². The van der Waals surface area contributed by atoms with Crippen LogP contribution in [0, 0.1) is 0 Å². The SMILES string of the molecule is CCNC1(C(=O)O)CCC(OC)C1. The van der Waals surface area contributed by atoms with E-state index < -0.39 is 11.5 Å². The van der Waals surface area contributed by atoms with Crippen LogP contribution in [0.25, 0.3) is 0 Å². The number of carboxylic acids is 1. The van der Waals surface area contributed by atoms with Crippen molar-refractivity contribution in [2.24, 2.45) is 0 Å². The van der Waals surface area contributed by atoms with Crippen LogP contribution >= 0.6 is 0 Å². The molecule has 0 bridgehead atoms. The highest BCUT2D eigenvalue weighted by Gasteiger charge is 2.44. The molecule has 13 heavy (non-hydrogen) atoms. The molecule has 0 spiro atoms. The van der Waals surface area contributed by atoms with Gasteiger partial charge in [-0.1, -0.05) is 6.92 Å². The smallest absolute Gasteiger partial charge is 0.323 e. The van der Waals surface area contributed by atoms with E-state index in [9.17, 15) is 4.79 Å². The van der Waals surface area contributed by atoms with E-state index in [1.807, 2.05) is 6.92 Å². The van der Waals surface area contributed by atoms with E-state index in [2.05, 4.69) is 5.32 Å². The highest BCUT2D eigenvalue weighted by Crippen LogP contribution is 2.31. The molecule has 1 fully saturated rings. The average Bonchev–Trinajstić information content (AvgIpc) is 2.50. The molecule has 0 aromatic carbocycles. The van der Waals surface area contributed by atoms with Crippen molar-refractivity contribution in [2.45, 2.75) is 37.8 Å². The number of methoxy groups -OCH3 is 1. The maximum absolute atomic E-state index is 11.1. The topological polar surface area (TPSA) is 58.6 Å². The van der Waals surface area contributed by atoms with E-state index in [1.54, 1.807) is 7.11 Å². The predicted molar refractivity (Wildman–Crippen MR) is 48.7 cm³/mol. The van der Waals surface area contributed by atoms with Gasteiger partial charge in [0.15, 0.2) is 0 Å². The van der Waals surface area contributed by atoms with Crippen molar-refractivity contribution in [1.29, 1.82) is 0 Å². The van der Waals surface area contributed by atoms with Gasteiger partial charge in [-0.25, -0.2) is 0 Å². The lowest BCUT2D eigenvalue weighted by Gasteiger charge is -2.24. The predicted octanol–water partition coefficient (Wildman–Crippen LogP) is 0.618. The van der Waals surface area contributed by atoms with Gasteiger partial charge in [0.05, 0.1) is 6.10 Å². The summed E-state index contributed by atoms with van der Waals surface area (Å²) in [4.78, 5) is 11.1. The van der Waals surface area contributed by atoms with Crippen molar-refractivity contribution >= 4 is 5.97 Å². The molecule has 2 unspecified atom stereocenters. The van der Waals surface area contributed by atoms with Crippen molar-refractivity contribution < 1.29 is 14.6 Å². The molecule has 4 nitrogen and oxygen atoms in total. The van der Waals surface area contributed by atoms with Crippen molar-refractivity contribution in [3.63, 3.8) is 0 Å². The maximum Gasteiger partial charge on any atom is 0.323 e. The quantitative estimate of drug-likeness (QED) is 0.677. The van der Waals surface area contributed by atoms with Crippen LogP contribution in [0.4, 0.5) is 0 Å². The number of likely N-dealkylation sites (N-methyl/N-ethyl adjacent to an activating group) is 1. The van der Waals surface area contributed by atoms with E-state index >= 15 is 0 Å². The van der Waals surface area contributed by atoms with Gasteiger partial charge in [-0.2, -0.15) is 0 Å². The molecule has 2 N–H and O–H groups in total. The van der Waals surface area contributed by atoms with Crippen LogP contribution < -0.4 is 5.32 Å². The fourth-order valence-corrected chi connectivity index (χ4v) is 1.97. The summed E-state index contributed by atoms with van der Waals surface area (Å²) in [6.07, 6.45) is 2.16. The van der Waals surface area contributed by atoms with Crippen LogP contribution in [0.3, 0.4) is 0 Å². The van der Waals surface area contributed by atoms with Crippen molar-refractivity contribution in [3.05, 3.63) is 0 Å². The second-order valence-corrected chi connectivity index (χ2v) is 3.52. The summed E-state index contributed by atoms with van der Waals surface area (Å²) in [6.45, 7) is 2.60. The molecule has 0 saturated heterocycles. The first-order chi connectivity index (χ1) is 6.14. The number of carbonyl (C=O) groups is 1. The number of carboxylic acid groups (broad SMARTS) is 1. The van der Waals surface area contributed by atoms with Crippen molar-refractivity contribution in [3.8, 4) is 0 Å². The molecule has 0 aromatic heterocycles. The first-order valence-electron chi connectivity index (χ1n) is 4.66. The van der Waals surface area contributed by atoms with Crippen LogP contribution in [0.2, 0.25) is 0 Å². The molecular formula is C9H17NO3. The minimum absolute atomic E-state index is 0.0927. The van der Waals surface area contributed by atoms with Gasteiger partial charge in [0, 0.05) is 13.5 Å². The van der Waals surface area contributed by atoms with Gasteiger partial charge < -0.3 is 15.2 Å². The number of ether oxygens (including phenoxy) is 1. The third kappa shape index (κ3) is 2.00. The highest BCUT2D eigenvalue weighted by atomic mass is 16.5. The molecule has 0 radical (unpaired) electrons. The monoisotopic (exact) mass is 187 g/mol. The zero-order chi connectivity index (χ0) is 9.90. The second-order valence-electron chi connectivity index (χ2n) is 3.52. The molecule has 4 heteroatoms. The number of nitrogens with one attached hydrogen (secondary N) is 1. The summed E-state index contributed by atoms with van der Waals surface area (Å²) in [5.74, 6) is -0.756. The maximum atomic E-state index is 11.1. The Kier molecular flexibility index (Phi) is 3.27. The molecular weight excluding hydrogens is 170 g/mol. The number of aliphatic carboxylic acids is 1. The molecule has 0 aliphatic heterocycles. The lowest BCUT2D eigenvalue weighted by atomic mass is 9.98. The zero-order valence-corrected chi connectivity index (χ0v) is 8.17. The minimum atomic E-state index is -0.756. The lowest BCUT2D eigenvalue weighted by Crippen LogP contribution is -2.50. The first kappa shape index (κ1) is 10.5. The Morgan fingerprint density at radius 3 is 2.85 bits per heavy atom. The van der Waals surface area contributed by atoms with E-state index in [4.69, 9.17) is 9.84 Å². The summed E-state index contributed by atoms with van der Waals surface area (Å²) < 4.78 is 5.16. The van der Waals surface area contributed by atoms with Crippen LogP contribution in [-0.2, 0) is 9.53 Å². The van der Waals surface area contributed by atoms with Gasteiger partial charge in [-0.3, -0.25) is 4.79 Å². The molecule has 1 saturated carbocycles. The number of hydrogen-bond acceptors (Lipinski definition) is 3. The summed E-state index contributed by atoms with van der Waals surface area (Å²) in [6, 6.07) is 0. The summed E-state index contributed by atoms with van der Waals surface area (Å²) in [5.41, 5.74) is -0.741. The van der Waals surface area contributed by atoms with Gasteiger partial charge in [0.25, 0.3) is 0 Å². The number of hydrogen-bond donors (Lipinski definition) is 2. The third-order valence-electron chi connectivity index (χ3n) is 2.73. The fraction of sp³-hybridized carbons (Fsp3) is 0.889. The molecule has 0 amide bonds. The van der Waals surface area contributed by atoms with Gasteiger partial charge in [-0.15, -0.1) is 0 Å². The second kappa shape index (κ2) is 4.07. The molecule has 1 aliphatic carbocycles. The van der Waals surface area contributed by atoms with Gasteiger partial charge in [0.1, 0.15) is 5.54 Å². The molecule has 1 aliphatic rings. The van der Waals surface area contributed by atoms with E-state index in [-0.39, 0.29) is 6.10 Å². The molecule has 0 heterocycles. The third-order valence-corrected chi connectivity index (χ3v) is 2.73. The molecule has 2 atom stereocenters. The standard InChI is InChI=1S/C9H17NO3/c1-3-10-9(8(11)12)5-4-7(6-9)13-2/h7,10H,3-6H2,1-2H3,(H,11,12). The highest BCUT2D eigenvalue weighted by molar-refractivity contribution is 5.79. The summed E-state index contributed by atoms with van der Waals surface area (Å²) >= 11 is 0. The Morgan fingerprint density at radius 2 is 2.46 bits per heavy atom. The van der Waals surface area contributed by atoms with Gasteiger partial charge >= 0.3 is 5.97 Å². The van der Waals surface area contributed by atoms with Crippen LogP contribution in [0.15, 0.2) is 0 Å². The first-order valence-corrected chi connectivity index (χ1v) is 4.66. The zero-order valence-electron chi connectivity index (χ0n) is 8.17. The summed E-state index contributed by atoms with van der Waals surface area (Å²) in [7, 11) is 1.63. The van der Waals surface area contributed by atoms with Crippen LogP contribution in [0.1, 0.15) is 26.2 Å². The Morgan fingerprint density at radius 1 is 1.77 bits per heavy atom. The summed E-state index contributed by atoms with van der Waals surface area (Å²) in [5, 5.41) is 12.1. The van der Waals surface area contributed by atoms with Gasteiger partial charge in [0.2, 0.25) is 0 Å². The fourth-order valence-electron chi connectivity index (χ4n) is 1.97. The Balaban J connectivity index is 2.65. The van der Waals surface area contributed by atoms with Crippen LogP contribution in [-0.4, -0.2) is 36.4 Å². The lowest BCUT2D eigenvalue weighted by molar-refractivity contribution is -0.145. The average molecular weight is 187 g/mol. The van der Waals surface area contributed by atoms with Crippen LogP contribution in [0.5, 0.6) is 0 Å². The van der Waals surface area contributed by atoms with Gasteiger partial charge in [-0.05, 0) is 19.4 Å². The van der Waals surface area contributed by atoms with Crippen molar-refractivity contribution in [1.82, 2.24) is 5.32 Å². The van der Waals surface area contributed by atoms with E-state index in [0.29, 0.717) is 19.4 Å². The van der Waals surface area contributed by atoms with E-state index in [0.717, 1.165) is 6.42 Å². The number of rotatable bonds is 4. The van der Waals surface area contributed by atoms with Crippen molar-refractivity contribution in [2.75, 3.05) is 13.7 Å². The molecule has 76 valence electrons. The normalized spacial score (nSPS) is 33.5. The molecule has 0 aromatic rings. The largest absolute Gasteiger partial charge is 0.480 e. The minimum Gasteiger partial charge on any atom is -0.480 e. The Bertz CT molecular complexity index is 195. The van der Waals surface area contributed by atoms with E-state index in [1.165, 1.54) is 0 Å².